The monoisotopic (exact) mass is 387 g/mol. The average Bonchev–Trinajstić information content (AvgIpc) is 3.19. The molecule has 0 aliphatic carbocycles. The molecular weight excluding hydrogens is 354 g/mol. The van der Waals surface area contributed by atoms with Crippen molar-refractivity contribution in [1.29, 1.82) is 0 Å². The molecule has 0 aliphatic rings. The van der Waals surface area contributed by atoms with Crippen molar-refractivity contribution in [2.24, 2.45) is 4.99 Å². The Kier molecular flexibility index (Phi) is 8.88. The van der Waals surface area contributed by atoms with E-state index in [1.165, 1.54) is 0 Å². The van der Waals surface area contributed by atoms with E-state index in [0.717, 1.165) is 29.9 Å². The summed E-state index contributed by atoms with van der Waals surface area (Å²) in [7, 11) is 0. The quantitative estimate of drug-likeness (QED) is 0.428. The Balaban J connectivity index is 1.93. The lowest BCUT2D eigenvalue weighted by Gasteiger charge is -2.18. The van der Waals surface area contributed by atoms with Crippen molar-refractivity contribution in [3.05, 3.63) is 54.0 Å². The van der Waals surface area contributed by atoms with Crippen molar-refractivity contribution in [1.82, 2.24) is 10.6 Å². The van der Waals surface area contributed by atoms with Crippen LogP contribution in [0.15, 0.2) is 52.1 Å². The number of rotatable bonds is 10. The number of hydrogen-bond acceptors (Lipinski definition) is 4. The number of aliphatic imine (C=N–C) groups is 1. The van der Waals surface area contributed by atoms with Crippen molar-refractivity contribution in [2.45, 2.75) is 58.8 Å². The third-order valence-electron chi connectivity index (χ3n) is 4.30. The molecule has 2 aromatic rings. The first-order chi connectivity index (χ1) is 13.5. The maximum absolute atomic E-state index is 10.5. The van der Waals surface area contributed by atoms with Gasteiger partial charge < -0.3 is 24.9 Å². The van der Waals surface area contributed by atoms with Crippen LogP contribution in [0.5, 0.6) is 5.75 Å². The van der Waals surface area contributed by atoms with Crippen LogP contribution < -0.4 is 15.4 Å². The van der Waals surface area contributed by atoms with E-state index in [2.05, 4.69) is 29.5 Å². The Morgan fingerprint density at radius 3 is 2.54 bits per heavy atom. The Hall–Kier alpha value is -2.47. The molecule has 1 heterocycles. The zero-order chi connectivity index (χ0) is 20.4. The molecule has 2 unspecified atom stereocenters. The minimum atomic E-state index is -0.672. The van der Waals surface area contributed by atoms with Crippen LogP contribution in [0.2, 0.25) is 0 Å². The lowest BCUT2D eigenvalue weighted by Crippen LogP contribution is -2.43. The van der Waals surface area contributed by atoms with Crippen molar-refractivity contribution in [2.75, 3.05) is 13.1 Å². The molecule has 2 atom stereocenters. The topological polar surface area (TPSA) is 79.0 Å². The number of ether oxygens (including phenoxy) is 1. The number of aliphatic hydroxyl groups is 1. The van der Waals surface area contributed by atoms with Crippen LogP contribution in [0, 0.1) is 0 Å². The smallest absolute Gasteiger partial charge is 0.191 e. The second kappa shape index (κ2) is 11.4. The SMILES string of the molecule is CCC(C)NC(=NCC(O)c1ccc(OC(C)C)cc1)NCCc1ccco1. The third kappa shape index (κ3) is 7.64. The first kappa shape index (κ1) is 21.8. The Bertz CT molecular complexity index is 696. The number of benzene rings is 1. The van der Waals surface area contributed by atoms with Crippen LogP contribution in [0.25, 0.3) is 0 Å². The fourth-order valence-corrected chi connectivity index (χ4v) is 2.57. The normalized spacial score (nSPS) is 14.0. The molecule has 28 heavy (non-hydrogen) atoms. The number of nitrogens with zero attached hydrogens (tertiary/aromatic N) is 1. The van der Waals surface area contributed by atoms with Gasteiger partial charge in [-0.2, -0.15) is 0 Å². The predicted molar refractivity (Wildman–Crippen MR) is 113 cm³/mol. The number of nitrogens with one attached hydrogen (secondary N) is 2. The second-order valence-electron chi connectivity index (χ2n) is 7.15. The fourth-order valence-electron chi connectivity index (χ4n) is 2.57. The third-order valence-corrected chi connectivity index (χ3v) is 4.30. The Morgan fingerprint density at radius 2 is 1.93 bits per heavy atom. The zero-order valence-electron chi connectivity index (χ0n) is 17.3. The number of aliphatic hydroxyl groups excluding tert-OH is 1. The summed E-state index contributed by atoms with van der Waals surface area (Å²) >= 11 is 0. The minimum Gasteiger partial charge on any atom is -0.491 e. The molecule has 154 valence electrons. The van der Waals surface area contributed by atoms with Gasteiger partial charge in [-0.1, -0.05) is 19.1 Å². The molecule has 0 saturated heterocycles. The molecule has 0 spiro atoms. The van der Waals surface area contributed by atoms with Gasteiger partial charge in [-0.3, -0.25) is 4.99 Å². The largest absolute Gasteiger partial charge is 0.491 e. The molecule has 1 aromatic carbocycles. The van der Waals surface area contributed by atoms with Gasteiger partial charge in [-0.25, -0.2) is 0 Å². The average molecular weight is 388 g/mol. The standard InChI is InChI=1S/C22H33N3O3/c1-5-17(4)25-22(23-13-12-19-7-6-14-27-19)24-15-21(26)18-8-10-20(11-9-18)28-16(2)3/h6-11,14,16-17,21,26H,5,12-13,15H2,1-4H3,(H2,23,24,25). The molecule has 6 nitrogen and oxygen atoms in total. The molecular formula is C22H33N3O3. The summed E-state index contributed by atoms with van der Waals surface area (Å²) in [5, 5.41) is 17.2. The Morgan fingerprint density at radius 1 is 1.18 bits per heavy atom. The summed E-state index contributed by atoms with van der Waals surface area (Å²) in [4.78, 5) is 4.56. The molecule has 6 heteroatoms. The van der Waals surface area contributed by atoms with Gasteiger partial charge in [0.15, 0.2) is 5.96 Å². The van der Waals surface area contributed by atoms with E-state index in [0.29, 0.717) is 18.5 Å². The number of hydrogen-bond donors (Lipinski definition) is 3. The van der Waals surface area contributed by atoms with E-state index >= 15 is 0 Å². The van der Waals surface area contributed by atoms with Crippen LogP contribution >= 0.6 is 0 Å². The highest BCUT2D eigenvalue weighted by Crippen LogP contribution is 2.19. The zero-order valence-corrected chi connectivity index (χ0v) is 17.3. The fraction of sp³-hybridized carbons (Fsp3) is 0.500. The summed E-state index contributed by atoms with van der Waals surface area (Å²) in [6.45, 7) is 9.18. The summed E-state index contributed by atoms with van der Waals surface area (Å²) in [5.74, 6) is 2.42. The van der Waals surface area contributed by atoms with Crippen molar-refractivity contribution < 1.29 is 14.3 Å². The first-order valence-electron chi connectivity index (χ1n) is 9.99. The van der Waals surface area contributed by atoms with Gasteiger partial charge in [-0.05, 0) is 57.0 Å². The van der Waals surface area contributed by atoms with E-state index in [1.807, 2.05) is 50.2 Å². The van der Waals surface area contributed by atoms with Crippen LogP contribution in [0.3, 0.4) is 0 Å². The molecule has 0 radical (unpaired) electrons. The van der Waals surface area contributed by atoms with Gasteiger partial charge in [0.25, 0.3) is 0 Å². The molecule has 0 bridgehead atoms. The van der Waals surface area contributed by atoms with Crippen LogP contribution in [0.1, 0.15) is 51.5 Å². The molecule has 2 rings (SSSR count). The molecule has 3 N–H and O–H groups in total. The second-order valence-corrected chi connectivity index (χ2v) is 7.15. The van der Waals surface area contributed by atoms with Gasteiger partial charge in [-0.15, -0.1) is 0 Å². The van der Waals surface area contributed by atoms with Gasteiger partial charge in [0.1, 0.15) is 11.5 Å². The maximum atomic E-state index is 10.5. The minimum absolute atomic E-state index is 0.127. The molecule has 0 amide bonds. The van der Waals surface area contributed by atoms with Crippen LogP contribution in [0.4, 0.5) is 0 Å². The Labute approximate surface area is 168 Å². The summed E-state index contributed by atoms with van der Waals surface area (Å²) in [6.07, 6.45) is 2.89. The molecule has 1 aromatic heterocycles. The van der Waals surface area contributed by atoms with Crippen molar-refractivity contribution >= 4 is 5.96 Å². The summed E-state index contributed by atoms with van der Waals surface area (Å²) in [5.41, 5.74) is 0.818. The maximum Gasteiger partial charge on any atom is 0.191 e. The van der Waals surface area contributed by atoms with E-state index in [9.17, 15) is 5.11 Å². The van der Waals surface area contributed by atoms with Gasteiger partial charge >= 0.3 is 0 Å². The van der Waals surface area contributed by atoms with Gasteiger partial charge in [0.05, 0.1) is 25.0 Å². The van der Waals surface area contributed by atoms with Crippen LogP contribution in [-0.4, -0.2) is 36.3 Å². The predicted octanol–water partition coefficient (Wildman–Crippen LogP) is 3.68. The highest BCUT2D eigenvalue weighted by Gasteiger charge is 2.10. The van der Waals surface area contributed by atoms with E-state index in [4.69, 9.17) is 9.15 Å². The van der Waals surface area contributed by atoms with Crippen molar-refractivity contribution in [3.8, 4) is 5.75 Å². The van der Waals surface area contributed by atoms with Crippen molar-refractivity contribution in [3.63, 3.8) is 0 Å². The first-order valence-corrected chi connectivity index (χ1v) is 9.99. The lowest BCUT2D eigenvalue weighted by atomic mass is 10.1. The highest BCUT2D eigenvalue weighted by atomic mass is 16.5. The lowest BCUT2D eigenvalue weighted by molar-refractivity contribution is 0.186. The van der Waals surface area contributed by atoms with E-state index in [-0.39, 0.29) is 12.6 Å². The number of furan rings is 1. The molecule has 0 aliphatic heterocycles. The van der Waals surface area contributed by atoms with E-state index in [1.54, 1.807) is 6.26 Å². The van der Waals surface area contributed by atoms with Gasteiger partial charge in [0, 0.05) is 19.0 Å². The molecule has 0 saturated carbocycles. The number of guanidine groups is 1. The molecule has 0 fully saturated rings. The van der Waals surface area contributed by atoms with Gasteiger partial charge in [0.2, 0.25) is 0 Å². The van der Waals surface area contributed by atoms with E-state index < -0.39 is 6.10 Å². The highest BCUT2D eigenvalue weighted by molar-refractivity contribution is 5.80. The summed E-state index contributed by atoms with van der Waals surface area (Å²) < 4.78 is 11.0. The van der Waals surface area contributed by atoms with Crippen LogP contribution in [-0.2, 0) is 6.42 Å². The summed E-state index contributed by atoms with van der Waals surface area (Å²) in [6, 6.07) is 11.6.